The number of amides is 1. The van der Waals surface area contributed by atoms with E-state index in [4.69, 9.17) is 28.5 Å². The van der Waals surface area contributed by atoms with Crippen molar-refractivity contribution in [3.8, 4) is 17.2 Å². The van der Waals surface area contributed by atoms with Gasteiger partial charge in [-0.05, 0) is 54.3 Å². The van der Waals surface area contributed by atoms with Crippen molar-refractivity contribution in [1.82, 2.24) is 4.90 Å². The number of rotatable bonds is 4. The molecule has 1 amide bonds. The summed E-state index contributed by atoms with van der Waals surface area (Å²) in [6.45, 7) is 0. The fraction of sp³-hybridized carbons (Fsp3) is 0.160. The Balaban J connectivity index is 1.71. The zero-order valence-corrected chi connectivity index (χ0v) is 18.3. The van der Waals surface area contributed by atoms with Crippen molar-refractivity contribution in [2.24, 2.45) is 0 Å². The molecule has 32 heavy (non-hydrogen) atoms. The van der Waals surface area contributed by atoms with Crippen LogP contribution in [0.2, 0.25) is 10.0 Å². The zero-order valence-electron chi connectivity index (χ0n) is 16.8. The molecule has 1 fully saturated rings. The van der Waals surface area contributed by atoms with Gasteiger partial charge in [0, 0.05) is 21.2 Å². The number of hydrogen-bond donors (Lipinski definition) is 1. The molecule has 3 aromatic carbocycles. The summed E-state index contributed by atoms with van der Waals surface area (Å²) in [6, 6.07) is 19.8. The van der Waals surface area contributed by atoms with Gasteiger partial charge in [-0.25, -0.2) is 4.79 Å². The minimum Gasteiger partial charge on any atom is -0.480 e. The first-order valence-electron chi connectivity index (χ1n) is 10.0. The lowest BCUT2D eigenvalue weighted by Crippen LogP contribution is -2.41. The van der Waals surface area contributed by atoms with E-state index in [2.05, 4.69) is 6.07 Å². The van der Waals surface area contributed by atoms with E-state index in [9.17, 15) is 14.7 Å². The van der Waals surface area contributed by atoms with E-state index in [0.717, 1.165) is 11.1 Å². The van der Waals surface area contributed by atoms with E-state index in [1.807, 2.05) is 18.2 Å². The molecule has 1 aliphatic rings. The Hall–Kier alpha value is -3.33. The fourth-order valence-corrected chi connectivity index (χ4v) is 4.73. The van der Waals surface area contributed by atoms with Gasteiger partial charge in [0.1, 0.15) is 6.04 Å². The molecule has 3 aromatic rings. The van der Waals surface area contributed by atoms with Gasteiger partial charge in [-0.2, -0.15) is 5.26 Å². The highest BCUT2D eigenvalue weighted by atomic mass is 35.5. The maximum absolute atomic E-state index is 13.5. The van der Waals surface area contributed by atoms with Crippen molar-refractivity contribution in [3.63, 3.8) is 0 Å². The minimum absolute atomic E-state index is 0.292. The molecule has 0 aliphatic carbocycles. The number of nitrogens with zero attached hydrogens (tertiary/aromatic N) is 2. The Labute approximate surface area is 195 Å². The van der Waals surface area contributed by atoms with Crippen LogP contribution in [-0.4, -0.2) is 27.9 Å². The second-order valence-electron chi connectivity index (χ2n) is 7.57. The van der Waals surface area contributed by atoms with E-state index < -0.39 is 24.0 Å². The summed E-state index contributed by atoms with van der Waals surface area (Å²) < 4.78 is 0. The van der Waals surface area contributed by atoms with Gasteiger partial charge in [-0.3, -0.25) is 4.79 Å². The third-order valence-electron chi connectivity index (χ3n) is 5.69. The Morgan fingerprint density at radius 2 is 1.75 bits per heavy atom. The molecule has 0 radical (unpaired) electrons. The first-order valence-corrected chi connectivity index (χ1v) is 10.8. The van der Waals surface area contributed by atoms with Gasteiger partial charge >= 0.3 is 5.97 Å². The molecular formula is C25H18Cl2N2O3. The molecule has 0 aromatic heterocycles. The number of halogens is 2. The monoisotopic (exact) mass is 464 g/mol. The number of carbonyl (C=O) groups is 2. The lowest BCUT2D eigenvalue weighted by Gasteiger charge is -2.29. The summed E-state index contributed by atoms with van der Waals surface area (Å²) in [5.41, 5.74) is 2.95. The Morgan fingerprint density at radius 3 is 2.44 bits per heavy atom. The Kier molecular flexibility index (Phi) is 6.18. The molecule has 2 atom stereocenters. The van der Waals surface area contributed by atoms with Crippen molar-refractivity contribution in [3.05, 3.63) is 93.5 Å². The van der Waals surface area contributed by atoms with Crippen LogP contribution in [0.4, 0.5) is 0 Å². The molecule has 1 heterocycles. The molecule has 1 aliphatic heterocycles. The van der Waals surface area contributed by atoms with Gasteiger partial charge < -0.3 is 10.0 Å². The van der Waals surface area contributed by atoms with Crippen molar-refractivity contribution in [2.45, 2.75) is 24.9 Å². The number of nitriles is 1. The minimum atomic E-state index is -1.05. The summed E-state index contributed by atoms with van der Waals surface area (Å²) in [5.74, 6) is -1.47. The second-order valence-corrected chi connectivity index (χ2v) is 8.38. The van der Waals surface area contributed by atoms with E-state index >= 15 is 0 Å². The van der Waals surface area contributed by atoms with Gasteiger partial charge in [-0.1, -0.05) is 59.6 Å². The van der Waals surface area contributed by atoms with Gasteiger partial charge in [0.25, 0.3) is 5.91 Å². The molecule has 1 N–H and O–H groups in total. The van der Waals surface area contributed by atoms with Crippen LogP contribution >= 0.6 is 23.2 Å². The first kappa shape index (κ1) is 21.9. The Bertz CT molecular complexity index is 1250. The topological polar surface area (TPSA) is 81.4 Å². The van der Waals surface area contributed by atoms with Crippen LogP contribution < -0.4 is 0 Å². The van der Waals surface area contributed by atoms with Gasteiger partial charge in [0.05, 0.1) is 17.7 Å². The molecular weight excluding hydrogens is 447 g/mol. The summed E-state index contributed by atoms with van der Waals surface area (Å²) >= 11 is 12.9. The van der Waals surface area contributed by atoms with Crippen LogP contribution in [-0.2, 0) is 4.79 Å². The lowest BCUT2D eigenvalue weighted by molar-refractivity contribution is -0.141. The maximum atomic E-state index is 13.5. The molecule has 160 valence electrons. The van der Waals surface area contributed by atoms with E-state index in [0.29, 0.717) is 39.6 Å². The number of carboxylic acid groups (broad SMARTS) is 1. The van der Waals surface area contributed by atoms with Crippen molar-refractivity contribution in [2.75, 3.05) is 0 Å². The van der Waals surface area contributed by atoms with Crippen LogP contribution in [0.1, 0.15) is 40.4 Å². The molecule has 0 saturated carbocycles. The third-order valence-corrected chi connectivity index (χ3v) is 6.34. The number of aliphatic carboxylic acids is 1. The quantitative estimate of drug-likeness (QED) is 0.515. The summed E-state index contributed by atoms with van der Waals surface area (Å²) in [4.78, 5) is 26.8. The molecule has 4 rings (SSSR count). The lowest BCUT2D eigenvalue weighted by atomic mass is 10.0. The van der Waals surface area contributed by atoms with Crippen LogP contribution in [0.3, 0.4) is 0 Å². The normalized spacial score (nSPS) is 17.7. The highest BCUT2D eigenvalue weighted by Gasteiger charge is 2.42. The number of carbonyl (C=O) groups excluding carboxylic acids is 1. The van der Waals surface area contributed by atoms with Crippen LogP contribution in [0.15, 0.2) is 66.7 Å². The van der Waals surface area contributed by atoms with Crippen LogP contribution in [0.25, 0.3) is 11.1 Å². The summed E-state index contributed by atoms with van der Waals surface area (Å²) in [7, 11) is 0. The Morgan fingerprint density at radius 1 is 0.969 bits per heavy atom. The van der Waals surface area contributed by atoms with Crippen LogP contribution in [0, 0.1) is 11.3 Å². The molecule has 0 spiro atoms. The summed E-state index contributed by atoms with van der Waals surface area (Å²) in [6.07, 6.45) is 0.836. The number of hydrogen-bond acceptors (Lipinski definition) is 3. The average Bonchev–Trinajstić information content (AvgIpc) is 3.24. The predicted molar refractivity (Wildman–Crippen MR) is 123 cm³/mol. The van der Waals surface area contributed by atoms with E-state index in [-0.39, 0.29) is 0 Å². The summed E-state index contributed by atoms with van der Waals surface area (Å²) in [5, 5.41) is 19.7. The van der Waals surface area contributed by atoms with Crippen molar-refractivity contribution >= 4 is 35.1 Å². The smallest absolute Gasteiger partial charge is 0.326 e. The largest absolute Gasteiger partial charge is 0.480 e. The van der Waals surface area contributed by atoms with Gasteiger partial charge in [0.15, 0.2) is 0 Å². The van der Waals surface area contributed by atoms with Gasteiger partial charge in [-0.15, -0.1) is 0 Å². The van der Waals surface area contributed by atoms with Crippen LogP contribution in [0.5, 0.6) is 0 Å². The maximum Gasteiger partial charge on any atom is 0.326 e. The zero-order chi connectivity index (χ0) is 22.8. The number of benzene rings is 3. The van der Waals surface area contributed by atoms with E-state index in [1.165, 1.54) is 4.90 Å². The number of carboxylic acids is 1. The highest BCUT2D eigenvalue weighted by molar-refractivity contribution is 6.33. The molecule has 1 saturated heterocycles. The van der Waals surface area contributed by atoms with Gasteiger partial charge in [0.2, 0.25) is 0 Å². The standard InChI is InChI=1S/C25H18Cl2N2O3/c26-20-7-2-1-6-19(20)22-10-11-23(25(31)32)29(22)24(30)17-8-9-18(21(27)13-17)16-5-3-4-15(12-16)14-28/h1-9,12-13,22-23H,10-11H2,(H,31,32)/t22-,23+/m1/s1. The molecule has 0 unspecified atom stereocenters. The molecule has 7 heteroatoms. The van der Waals surface area contributed by atoms with Crippen molar-refractivity contribution < 1.29 is 14.7 Å². The third kappa shape index (κ3) is 4.08. The SMILES string of the molecule is N#Cc1cccc(-c2ccc(C(=O)N3[C@@H](c4ccccc4Cl)CC[C@H]3C(=O)O)cc2Cl)c1. The predicted octanol–water partition coefficient (Wildman–Crippen LogP) is 5.96. The average molecular weight is 465 g/mol. The van der Waals surface area contributed by atoms with E-state index in [1.54, 1.807) is 48.5 Å². The highest BCUT2D eigenvalue weighted by Crippen LogP contribution is 2.40. The number of likely N-dealkylation sites (tertiary alicyclic amines) is 1. The van der Waals surface area contributed by atoms with Crippen molar-refractivity contribution in [1.29, 1.82) is 5.26 Å². The second kappa shape index (κ2) is 9.04. The molecule has 0 bridgehead atoms. The first-order chi connectivity index (χ1) is 15.4. The molecule has 5 nitrogen and oxygen atoms in total. The fourth-order valence-electron chi connectivity index (χ4n) is 4.17.